The first-order valence-corrected chi connectivity index (χ1v) is 9.67. The zero-order valence-corrected chi connectivity index (χ0v) is 16.5. The highest BCUT2D eigenvalue weighted by molar-refractivity contribution is 9.10. The van der Waals surface area contributed by atoms with Crippen LogP contribution in [0.5, 0.6) is 0 Å². The minimum absolute atomic E-state index is 0.237. The zero-order chi connectivity index (χ0) is 18.0. The molecule has 5 nitrogen and oxygen atoms in total. The van der Waals surface area contributed by atoms with Crippen LogP contribution in [0, 0.1) is 0 Å². The van der Waals surface area contributed by atoms with Gasteiger partial charge in [-0.2, -0.15) is 0 Å². The maximum atomic E-state index is 12.6. The van der Waals surface area contributed by atoms with Crippen molar-refractivity contribution in [3.8, 4) is 0 Å². The summed E-state index contributed by atoms with van der Waals surface area (Å²) in [6, 6.07) is 7.16. The van der Waals surface area contributed by atoms with E-state index in [-0.39, 0.29) is 11.9 Å². The van der Waals surface area contributed by atoms with Crippen molar-refractivity contribution >= 4 is 44.1 Å². The molecule has 25 heavy (non-hydrogen) atoms. The molecule has 0 unspecified atom stereocenters. The van der Waals surface area contributed by atoms with Crippen molar-refractivity contribution in [3.05, 3.63) is 50.3 Å². The fourth-order valence-corrected chi connectivity index (χ4v) is 4.55. The van der Waals surface area contributed by atoms with E-state index in [2.05, 4.69) is 26.1 Å². The van der Waals surface area contributed by atoms with E-state index in [1.165, 1.54) is 11.3 Å². The van der Waals surface area contributed by atoms with Gasteiger partial charge in [0, 0.05) is 28.0 Å². The third-order valence-electron chi connectivity index (χ3n) is 4.04. The third kappa shape index (κ3) is 3.94. The van der Waals surface area contributed by atoms with Gasteiger partial charge in [0.2, 0.25) is 0 Å². The summed E-state index contributed by atoms with van der Waals surface area (Å²) in [4.78, 5) is 28.4. The fourth-order valence-electron chi connectivity index (χ4n) is 2.84. The van der Waals surface area contributed by atoms with Gasteiger partial charge >= 0.3 is 5.97 Å². The van der Waals surface area contributed by atoms with Gasteiger partial charge in [0.1, 0.15) is 5.00 Å². The van der Waals surface area contributed by atoms with Crippen LogP contribution in [0.25, 0.3) is 0 Å². The van der Waals surface area contributed by atoms with Crippen LogP contribution in [-0.4, -0.2) is 37.0 Å². The van der Waals surface area contributed by atoms with Crippen LogP contribution in [0.15, 0.2) is 28.7 Å². The van der Waals surface area contributed by atoms with E-state index in [9.17, 15) is 9.59 Å². The number of benzene rings is 1. The highest BCUT2D eigenvalue weighted by Gasteiger charge is 2.28. The number of likely N-dealkylation sites (N-methyl/N-ethyl adjacent to an activating group) is 1. The SMILES string of the molecule is CCOC(=O)c1c(NC(=O)c2cccc(Br)c2)sc2c1CCN(C)C2. The summed E-state index contributed by atoms with van der Waals surface area (Å²) in [5, 5.41) is 3.48. The van der Waals surface area contributed by atoms with Crippen molar-refractivity contribution < 1.29 is 14.3 Å². The molecule has 0 atom stereocenters. The number of hydrogen-bond acceptors (Lipinski definition) is 5. The number of esters is 1. The topological polar surface area (TPSA) is 58.6 Å². The summed E-state index contributed by atoms with van der Waals surface area (Å²) < 4.78 is 6.05. The lowest BCUT2D eigenvalue weighted by molar-refractivity contribution is 0.0526. The minimum Gasteiger partial charge on any atom is -0.462 e. The highest BCUT2D eigenvalue weighted by atomic mass is 79.9. The van der Waals surface area contributed by atoms with Crippen molar-refractivity contribution in [2.24, 2.45) is 0 Å². The highest BCUT2D eigenvalue weighted by Crippen LogP contribution is 2.37. The molecule has 0 bridgehead atoms. The molecule has 0 saturated carbocycles. The standard InChI is InChI=1S/C18H19BrN2O3S/c1-3-24-18(23)15-13-7-8-21(2)10-14(13)25-17(15)20-16(22)11-5-4-6-12(19)9-11/h4-6,9H,3,7-8,10H2,1-2H3,(H,20,22). The van der Waals surface area contributed by atoms with Crippen LogP contribution in [0.3, 0.4) is 0 Å². The van der Waals surface area contributed by atoms with E-state index in [4.69, 9.17) is 4.74 Å². The predicted molar refractivity (Wildman–Crippen MR) is 102 cm³/mol. The first kappa shape index (κ1) is 18.1. The molecule has 1 aromatic heterocycles. The van der Waals surface area contributed by atoms with Gasteiger partial charge in [-0.05, 0) is 44.2 Å². The van der Waals surface area contributed by atoms with Crippen molar-refractivity contribution in [1.29, 1.82) is 0 Å². The Morgan fingerprint density at radius 3 is 2.92 bits per heavy atom. The maximum Gasteiger partial charge on any atom is 0.341 e. The average Bonchev–Trinajstić information content (AvgIpc) is 2.91. The zero-order valence-electron chi connectivity index (χ0n) is 14.1. The van der Waals surface area contributed by atoms with E-state index in [0.717, 1.165) is 34.4 Å². The molecule has 1 N–H and O–H groups in total. The van der Waals surface area contributed by atoms with Gasteiger partial charge in [0.15, 0.2) is 0 Å². The number of nitrogens with zero attached hydrogens (tertiary/aromatic N) is 1. The Kier molecular flexibility index (Phi) is 5.56. The normalized spacial score (nSPS) is 14.0. The summed E-state index contributed by atoms with van der Waals surface area (Å²) >= 11 is 4.83. The number of fused-ring (bicyclic) bond motifs is 1. The third-order valence-corrected chi connectivity index (χ3v) is 5.67. The van der Waals surface area contributed by atoms with Crippen molar-refractivity contribution in [3.63, 3.8) is 0 Å². The van der Waals surface area contributed by atoms with E-state index in [1.807, 2.05) is 13.1 Å². The van der Waals surface area contributed by atoms with Gasteiger partial charge in [0.05, 0.1) is 12.2 Å². The van der Waals surface area contributed by atoms with Gasteiger partial charge in [-0.1, -0.05) is 22.0 Å². The molecule has 2 aromatic rings. The molecule has 0 aliphatic carbocycles. The number of thiophene rings is 1. The molecule has 1 aromatic carbocycles. The first-order valence-electron chi connectivity index (χ1n) is 8.06. The summed E-state index contributed by atoms with van der Waals surface area (Å²) in [5.41, 5.74) is 2.05. The first-order chi connectivity index (χ1) is 12.0. The number of amides is 1. The second-order valence-corrected chi connectivity index (χ2v) is 7.90. The fraction of sp³-hybridized carbons (Fsp3) is 0.333. The number of rotatable bonds is 4. The molecule has 3 rings (SSSR count). The number of nitrogens with one attached hydrogen (secondary N) is 1. The monoisotopic (exact) mass is 422 g/mol. The quantitative estimate of drug-likeness (QED) is 0.758. The summed E-state index contributed by atoms with van der Waals surface area (Å²) in [6.07, 6.45) is 0.781. The van der Waals surface area contributed by atoms with Crippen LogP contribution in [-0.2, 0) is 17.7 Å². The Bertz CT molecular complexity index is 819. The van der Waals surface area contributed by atoms with Gasteiger partial charge in [-0.25, -0.2) is 4.79 Å². The Labute approximate surface area is 159 Å². The molecule has 1 aliphatic heterocycles. The molecule has 0 saturated heterocycles. The van der Waals surface area contributed by atoms with Gasteiger partial charge in [-0.15, -0.1) is 11.3 Å². The van der Waals surface area contributed by atoms with E-state index >= 15 is 0 Å². The van der Waals surface area contributed by atoms with E-state index < -0.39 is 0 Å². The molecule has 1 amide bonds. The molecule has 0 fully saturated rings. The smallest absolute Gasteiger partial charge is 0.341 e. The van der Waals surface area contributed by atoms with Crippen LogP contribution < -0.4 is 5.32 Å². The molecular formula is C18H19BrN2O3S. The van der Waals surface area contributed by atoms with Crippen LogP contribution in [0.4, 0.5) is 5.00 Å². The van der Waals surface area contributed by atoms with E-state index in [1.54, 1.807) is 25.1 Å². The molecule has 132 valence electrons. The summed E-state index contributed by atoms with van der Waals surface area (Å²) in [5.74, 6) is -0.604. The number of anilines is 1. The number of carbonyl (C=O) groups is 2. The molecule has 7 heteroatoms. The van der Waals surface area contributed by atoms with Crippen molar-refractivity contribution in [1.82, 2.24) is 4.90 Å². The number of ether oxygens (including phenoxy) is 1. The Morgan fingerprint density at radius 1 is 1.40 bits per heavy atom. The van der Waals surface area contributed by atoms with Crippen LogP contribution in [0.1, 0.15) is 38.1 Å². The lowest BCUT2D eigenvalue weighted by Gasteiger charge is -2.22. The van der Waals surface area contributed by atoms with Crippen LogP contribution >= 0.6 is 27.3 Å². The van der Waals surface area contributed by atoms with Gasteiger partial charge in [0.25, 0.3) is 5.91 Å². The second kappa shape index (κ2) is 7.68. The van der Waals surface area contributed by atoms with E-state index in [0.29, 0.717) is 22.7 Å². The number of carbonyl (C=O) groups excluding carboxylic acids is 2. The average molecular weight is 423 g/mol. The van der Waals surface area contributed by atoms with Crippen molar-refractivity contribution in [2.45, 2.75) is 19.9 Å². The molecule has 2 heterocycles. The molecular weight excluding hydrogens is 404 g/mol. The summed E-state index contributed by atoms with van der Waals surface area (Å²) in [6.45, 7) is 3.75. The molecule has 0 spiro atoms. The predicted octanol–water partition coefficient (Wildman–Crippen LogP) is 3.93. The molecule has 1 aliphatic rings. The Balaban J connectivity index is 1.94. The van der Waals surface area contributed by atoms with Crippen LogP contribution in [0.2, 0.25) is 0 Å². The van der Waals surface area contributed by atoms with Gasteiger partial charge in [-0.3, -0.25) is 4.79 Å². The summed E-state index contributed by atoms with van der Waals surface area (Å²) in [7, 11) is 2.05. The lowest BCUT2D eigenvalue weighted by atomic mass is 10.0. The lowest BCUT2D eigenvalue weighted by Crippen LogP contribution is -2.26. The number of halogens is 1. The van der Waals surface area contributed by atoms with Crippen molar-refractivity contribution in [2.75, 3.05) is 25.5 Å². The minimum atomic E-state index is -0.367. The molecule has 0 radical (unpaired) electrons. The number of hydrogen-bond donors (Lipinski definition) is 1. The maximum absolute atomic E-state index is 12.6. The largest absolute Gasteiger partial charge is 0.462 e. The Morgan fingerprint density at radius 2 is 2.20 bits per heavy atom. The Hall–Kier alpha value is -1.70. The second-order valence-electron chi connectivity index (χ2n) is 5.88. The van der Waals surface area contributed by atoms with Gasteiger partial charge < -0.3 is 15.0 Å².